The third-order valence-electron chi connectivity index (χ3n) is 4.14. The van der Waals surface area contributed by atoms with E-state index in [9.17, 15) is 13.2 Å². The highest BCUT2D eigenvalue weighted by Gasteiger charge is 2.42. The molecule has 0 aromatic carbocycles. The summed E-state index contributed by atoms with van der Waals surface area (Å²) in [5.41, 5.74) is 0. The summed E-state index contributed by atoms with van der Waals surface area (Å²) in [5.74, 6) is -0.614. The van der Waals surface area contributed by atoms with E-state index < -0.39 is 12.1 Å². The molecule has 0 saturated heterocycles. The van der Waals surface area contributed by atoms with E-state index in [-0.39, 0.29) is 0 Å². The molecule has 0 aliphatic heterocycles. The van der Waals surface area contributed by atoms with Crippen LogP contribution in [0.4, 0.5) is 13.2 Å². The van der Waals surface area contributed by atoms with Gasteiger partial charge in [0.25, 0.3) is 0 Å². The van der Waals surface area contributed by atoms with Crippen LogP contribution in [0.3, 0.4) is 0 Å². The first-order chi connectivity index (χ1) is 8.49. The van der Waals surface area contributed by atoms with Crippen LogP contribution < -0.4 is 5.32 Å². The lowest BCUT2D eigenvalue weighted by molar-refractivity contribution is -0.184. The van der Waals surface area contributed by atoms with Crippen molar-refractivity contribution in [2.24, 2.45) is 11.8 Å². The van der Waals surface area contributed by atoms with Crippen LogP contribution in [-0.4, -0.2) is 18.8 Å². The Balaban J connectivity index is 2.43. The van der Waals surface area contributed by atoms with Gasteiger partial charge < -0.3 is 5.32 Å². The molecule has 1 N–H and O–H groups in total. The lowest BCUT2D eigenvalue weighted by Gasteiger charge is -2.35. The summed E-state index contributed by atoms with van der Waals surface area (Å²) >= 11 is 0. The highest BCUT2D eigenvalue weighted by atomic mass is 19.4. The zero-order valence-corrected chi connectivity index (χ0v) is 11.5. The van der Waals surface area contributed by atoms with Crippen molar-refractivity contribution in [1.29, 1.82) is 0 Å². The third-order valence-corrected chi connectivity index (χ3v) is 4.14. The molecule has 0 amide bonds. The van der Waals surface area contributed by atoms with E-state index in [0.29, 0.717) is 24.8 Å². The van der Waals surface area contributed by atoms with Gasteiger partial charge in [0, 0.05) is 6.04 Å². The fraction of sp³-hybridized carbons (Fsp3) is 1.00. The Bertz CT molecular complexity index is 220. The SMILES string of the molecule is CCCCC(NCC)C1CCC(C(F)(F)F)CC1. The Morgan fingerprint density at radius 3 is 2.17 bits per heavy atom. The van der Waals surface area contributed by atoms with Crippen LogP contribution >= 0.6 is 0 Å². The van der Waals surface area contributed by atoms with Gasteiger partial charge in [0.2, 0.25) is 0 Å². The molecule has 1 atom stereocenters. The monoisotopic (exact) mass is 265 g/mol. The molecule has 0 aromatic heterocycles. The number of halogens is 3. The second-order valence-electron chi connectivity index (χ2n) is 5.46. The molecule has 0 spiro atoms. The molecule has 1 saturated carbocycles. The molecule has 0 radical (unpaired) electrons. The number of rotatable bonds is 6. The van der Waals surface area contributed by atoms with Gasteiger partial charge in [0.05, 0.1) is 5.92 Å². The summed E-state index contributed by atoms with van der Waals surface area (Å²) in [6.45, 7) is 5.14. The van der Waals surface area contributed by atoms with Crippen molar-refractivity contribution in [3.8, 4) is 0 Å². The Hall–Kier alpha value is -0.250. The minimum Gasteiger partial charge on any atom is -0.314 e. The molecule has 1 nitrogen and oxygen atoms in total. The number of unbranched alkanes of at least 4 members (excludes halogenated alkanes) is 1. The predicted molar refractivity (Wildman–Crippen MR) is 68.5 cm³/mol. The normalized spacial score (nSPS) is 27.2. The first kappa shape index (κ1) is 15.8. The molecule has 1 fully saturated rings. The molecule has 18 heavy (non-hydrogen) atoms. The molecular formula is C14H26F3N. The van der Waals surface area contributed by atoms with Crippen molar-refractivity contribution < 1.29 is 13.2 Å². The maximum absolute atomic E-state index is 12.6. The molecule has 1 aliphatic carbocycles. The van der Waals surface area contributed by atoms with E-state index in [1.165, 1.54) is 0 Å². The van der Waals surface area contributed by atoms with Crippen molar-refractivity contribution in [2.75, 3.05) is 6.54 Å². The van der Waals surface area contributed by atoms with Gasteiger partial charge in [-0.3, -0.25) is 0 Å². The van der Waals surface area contributed by atoms with Gasteiger partial charge in [-0.25, -0.2) is 0 Å². The van der Waals surface area contributed by atoms with Gasteiger partial charge >= 0.3 is 6.18 Å². The number of nitrogens with one attached hydrogen (secondary N) is 1. The summed E-state index contributed by atoms with van der Waals surface area (Å²) < 4.78 is 37.8. The zero-order chi connectivity index (χ0) is 13.6. The van der Waals surface area contributed by atoms with Crippen molar-refractivity contribution in [1.82, 2.24) is 5.32 Å². The summed E-state index contributed by atoms with van der Waals surface area (Å²) in [6.07, 6.45) is 1.53. The Morgan fingerprint density at radius 2 is 1.72 bits per heavy atom. The van der Waals surface area contributed by atoms with Crippen molar-refractivity contribution >= 4 is 0 Å². The van der Waals surface area contributed by atoms with Gasteiger partial charge in [-0.1, -0.05) is 26.7 Å². The standard InChI is InChI=1S/C14H26F3N/c1-3-5-6-13(18-4-2)11-7-9-12(10-8-11)14(15,16)17/h11-13,18H,3-10H2,1-2H3. The Labute approximate surface area is 109 Å². The Morgan fingerprint density at radius 1 is 1.11 bits per heavy atom. The summed E-state index contributed by atoms with van der Waals surface area (Å²) in [4.78, 5) is 0. The predicted octanol–water partition coefficient (Wildman–Crippen LogP) is 4.52. The minimum absolute atomic E-state index is 0.322. The lowest BCUT2D eigenvalue weighted by Crippen LogP contribution is -2.39. The van der Waals surface area contributed by atoms with Gasteiger partial charge in [0.1, 0.15) is 0 Å². The van der Waals surface area contributed by atoms with E-state index >= 15 is 0 Å². The summed E-state index contributed by atoms with van der Waals surface area (Å²) in [6, 6.07) is 0.420. The highest BCUT2D eigenvalue weighted by Crippen LogP contribution is 2.40. The van der Waals surface area contributed by atoms with Crippen LogP contribution in [0.15, 0.2) is 0 Å². The van der Waals surface area contributed by atoms with Crippen LogP contribution in [0.2, 0.25) is 0 Å². The maximum Gasteiger partial charge on any atom is 0.391 e. The molecule has 0 bridgehead atoms. The first-order valence-electron chi connectivity index (χ1n) is 7.29. The molecule has 4 heteroatoms. The van der Waals surface area contributed by atoms with Crippen LogP contribution in [0, 0.1) is 11.8 Å². The van der Waals surface area contributed by atoms with Gasteiger partial charge in [-0.05, 0) is 44.6 Å². The van der Waals surface area contributed by atoms with E-state index in [2.05, 4.69) is 19.2 Å². The molecule has 0 aromatic rings. The van der Waals surface area contributed by atoms with Gasteiger partial charge in [-0.15, -0.1) is 0 Å². The number of alkyl halides is 3. The molecule has 0 heterocycles. The average Bonchev–Trinajstić information content (AvgIpc) is 2.33. The summed E-state index contributed by atoms with van der Waals surface area (Å²) in [7, 11) is 0. The van der Waals surface area contributed by atoms with Gasteiger partial charge in [-0.2, -0.15) is 13.2 Å². The molecule has 1 rings (SSSR count). The van der Waals surface area contributed by atoms with Crippen LogP contribution in [0.5, 0.6) is 0 Å². The fourth-order valence-corrected chi connectivity index (χ4v) is 3.04. The van der Waals surface area contributed by atoms with E-state index in [0.717, 1.165) is 38.6 Å². The minimum atomic E-state index is -3.98. The van der Waals surface area contributed by atoms with Crippen LogP contribution in [0.1, 0.15) is 58.8 Å². The first-order valence-corrected chi connectivity index (χ1v) is 7.29. The lowest BCUT2D eigenvalue weighted by atomic mass is 9.77. The van der Waals surface area contributed by atoms with Crippen molar-refractivity contribution in [3.63, 3.8) is 0 Å². The number of hydrogen-bond donors (Lipinski definition) is 1. The zero-order valence-electron chi connectivity index (χ0n) is 11.5. The second-order valence-corrected chi connectivity index (χ2v) is 5.46. The topological polar surface area (TPSA) is 12.0 Å². The second kappa shape index (κ2) is 7.37. The van der Waals surface area contributed by atoms with E-state index in [4.69, 9.17) is 0 Å². The third kappa shape index (κ3) is 4.79. The smallest absolute Gasteiger partial charge is 0.314 e. The quantitative estimate of drug-likeness (QED) is 0.744. The van der Waals surface area contributed by atoms with Crippen LogP contribution in [-0.2, 0) is 0 Å². The van der Waals surface area contributed by atoms with Crippen LogP contribution in [0.25, 0.3) is 0 Å². The van der Waals surface area contributed by atoms with Gasteiger partial charge in [0.15, 0.2) is 0 Å². The molecule has 1 unspecified atom stereocenters. The Kier molecular flexibility index (Phi) is 6.47. The molecular weight excluding hydrogens is 239 g/mol. The summed E-state index contributed by atoms with van der Waals surface area (Å²) in [5, 5.41) is 3.46. The molecule has 1 aliphatic rings. The van der Waals surface area contributed by atoms with E-state index in [1.54, 1.807) is 0 Å². The van der Waals surface area contributed by atoms with E-state index in [1.807, 2.05) is 0 Å². The largest absolute Gasteiger partial charge is 0.391 e. The fourth-order valence-electron chi connectivity index (χ4n) is 3.04. The van der Waals surface area contributed by atoms with Crippen molar-refractivity contribution in [2.45, 2.75) is 71.0 Å². The average molecular weight is 265 g/mol. The molecule has 108 valence electrons. The number of hydrogen-bond acceptors (Lipinski definition) is 1. The van der Waals surface area contributed by atoms with Crippen molar-refractivity contribution in [3.05, 3.63) is 0 Å². The highest BCUT2D eigenvalue weighted by molar-refractivity contribution is 4.83. The maximum atomic E-state index is 12.6.